The molecule has 1 fully saturated rings. The van der Waals surface area contributed by atoms with Crippen molar-refractivity contribution in [2.75, 3.05) is 19.3 Å². The fourth-order valence-electron chi connectivity index (χ4n) is 2.56. The van der Waals surface area contributed by atoms with Crippen molar-refractivity contribution in [1.29, 1.82) is 0 Å². The summed E-state index contributed by atoms with van der Waals surface area (Å²) in [6, 6.07) is 3.88. The minimum atomic E-state index is -0.843. The molecule has 0 saturated carbocycles. The first-order valence-electron chi connectivity index (χ1n) is 7.01. The van der Waals surface area contributed by atoms with E-state index in [1.807, 2.05) is 13.2 Å². The van der Waals surface area contributed by atoms with Crippen molar-refractivity contribution in [3.05, 3.63) is 35.4 Å². The highest BCUT2D eigenvalue weighted by atomic mass is 35.5. The Balaban J connectivity index is 0.00000242. The Labute approximate surface area is 140 Å². The molecule has 1 heterocycles. The van der Waals surface area contributed by atoms with Crippen molar-refractivity contribution in [3.8, 4) is 0 Å². The van der Waals surface area contributed by atoms with Gasteiger partial charge in [-0.25, -0.2) is 8.78 Å². The predicted octanol–water partition coefficient (Wildman–Crippen LogP) is 2.70. The van der Waals surface area contributed by atoms with E-state index in [1.54, 1.807) is 6.07 Å². The van der Waals surface area contributed by atoms with Crippen LogP contribution in [0.1, 0.15) is 24.8 Å². The van der Waals surface area contributed by atoms with E-state index in [0.717, 1.165) is 24.6 Å². The Hall–Kier alpha value is -0.850. The van der Waals surface area contributed by atoms with E-state index in [9.17, 15) is 13.6 Å². The maximum atomic E-state index is 13.4. The van der Waals surface area contributed by atoms with Gasteiger partial charge in [0.1, 0.15) is 0 Å². The van der Waals surface area contributed by atoms with Gasteiger partial charge in [0.05, 0.1) is 5.25 Å². The number of rotatable bonds is 4. The summed E-state index contributed by atoms with van der Waals surface area (Å²) in [5.41, 5.74) is 0.734. The lowest BCUT2D eigenvalue weighted by atomic mass is 9.86. The van der Waals surface area contributed by atoms with Crippen LogP contribution < -0.4 is 10.6 Å². The molecule has 2 rings (SSSR count). The third kappa shape index (κ3) is 4.57. The number of thioether (sulfide) groups is 1. The van der Waals surface area contributed by atoms with Crippen molar-refractivity contribution < 1.29 is 13.6 Å². The minimum Gasteiger partial charge on any atom is -0.351 e. The van der Waals surface area contributed by atoms with Gasteiger partial charge >= 0.3 is 0 Å². The number of amides is 1. The average Bonchev–Trinajstić information content (AvgIpc) is 2.49. The number of hydrogen-bond acceptors (Lipinski definition) is 3. The largest absolute Gasteiger partial charge is 0.351 e. The standard InChI is InChI=1S/C15H20F2N2OS.ClH/c1-9(21-2)15(20)19-14-8-18-6-5-11(14)10-3-4-12(16)13(17)7-10;/h3-4,7,9,11,14,18H,5-6,8H2,1-2H3,(H,19,20);1H. The monoisotopic (exact) mass is 350 g/mol. The molecule has 1 saturated heterocycles. The average molecular weight is 351 g/mol. The number of hydrogen-bond donors (Lipinski definition) is 2. The Morgan fingerprint density at radius 1 is 1.41 bits per heavy atom. The zero-order valence-corrected chi connectivity index (χ0v) is 14.2. The summed E-state index contributed by atoms with van der Waals surface area (Å²) in [6.45, 7) is 3.29. The molecule has 0 aliphatic carbocycles. The summed E-state index contributed by atoms with van der Waals surface area (Å²) in [5.74, 6) is -1.71. The summed E-state index contributed by atoms with van der Waals surface area (Å²) in [4.78, 5) is 12.0. The van der Waals surface area contributed by atoms with Crippen LogP contribution in [0.25, 0.3) is 0 Å². The van der Waals surface area contributed by atoms with Gasteiger partial charge in [-0.15, -0.1) is 12.4 Å². The molecule has 1 aromatic rings. The molecule has 1 aromatic carbocycles. The van der Waals surface area contributed by atoms with Crippen LogP contribution in [0.2, 0.25) is 0 Å². The Morgan fingerprint density at radius 2 is 2.14 bits per heavy atom. The smallest absolute Gasteiger partial charge is 0.233 e. The lowest BCUT2D eigenvalue weighted by Gasteiger charge is -2.33. The number of carbonyl (C=O) groups is 1. The first kappa shape index (κ1) is 19.2. The lowest BCUT2D eigenvalue weighted by molar-refractivity contribution is -0.121. The first-order valence-corrected chi connectivity index (χ1v) is 8.30. The molecule has 1 aliphatic heterocycles. The van der Waals surface area contributed by atoms with Gasteiger partial charge in [0.15, 0.2) is 11.6 Å². The fourth-order valence-corrected chi connectivity index (χ4v) is 2.84. The van der Waals surface area contributed by atoms with E-state index in [-0.39, 0.29) is 35.5 Å². The second-order valence-corrected chi connectivity index (χ2v) is 6.44. The van der Waals surface area contributed by atoms with Gasteiger partial charge in [0.2, 0.25) is 5.91 Å². The second-order valence-electron chi connectivity index (χ2n) is 5.27. The van der Waals surface area contributed by atoms with Crippen LogP contribution in [-0.4, -0.2) is 36.5 Å². The van der Waals surface area contributed by atoms with Gasteiger partial charge in [-0.3, -0.25) is 4.79 Å². The molecule has 0 aromatic heterocycles. The number of nitrogens with one attached hydrogen (secondary N) is 2. The number of carbonyl (C=O) groups excluding carboxylic acids is 1. The van der Waals surface area contributed by atoms with Crippen LogP contribution in [0.3, 0.4) is 0 Å². The summed E-state index contributed by atoms with van der Waals surface area (Å²) < 4.78 is 26.5. The summed E-state index contributed by atoms with van der Waals surface area (Å²) >= 11 is 1.48. The van der Waals surface area contributed by atoms with E-state index in [1.165, 1.54) is 17.8 Å². The molecule has 124 valence electrons. The van der Waals surface area contributed by atoms with Crippen LogP contribution in [-0.2, 0) is 4.79 Å². The first-order chi connectivity index (χ1) is 10.0. The summed E-state index contributed by atoms with van der Waals surface area (Å²) in [5, 5.41) is 6.12. The van der Waals surface area contributed by atoms with Crippen LogP contribution >= 0.6 is 24.2 Å². The minimum absolute atomic E-state index is 0. The molecule has 3 unspecified atom stereocenters. The Kier molecular flexibility index (Phi) is 7.59. The molecule has 3 nitrogen and oxygen atoms in total. The maximum Gasteiger partial charge on any atom is 0.233 e. The van der Waals surface area contributed by atoms with Crippen LogP contribution in [0, 0.1) is 11.6 Å². The Morgan fingerprint density at radius 3 is 2.77 bits per heavy atom. The van der Waals surface area contributed by atoms with Gasteiger partial charge in [0, 0.05) is 18.5 Å². The normalized spacial score (nSPS) is 22.5. The van der Waals surface area contributed by atoms with Gasteiger partial charge in [-0.2, -0.15) is 11.8 Å². The quantitative estimate of drug-likeness (QED) is 0.877. The van der Waals surface area contributed by atoms with E-state index in [2.05, 4.69) is 10.6 Å². The SMILES string of the molecule is CSC(C)C(=O)NC1CNCCC1c1ccc(F)c(F)c1.Cl. The summed E-state index contributed by atoms with van der Waals surface area (Å²) in [7, 11) is 0. The molecule has 3 atom stereocenters. The van der Waals surface area contributed by atoms with Crippen LogP contribution in [0.4, 0.5) is 8.78 Å². The molecule has 1 amide bonds. The third-order valence-corrected chi connectivity index (χ3v) is 4.83. The number of benzene rings is 1. The summed E-state index contributed by atoms with van der Waals surface area (Å²) in [6.07, 6.45) is 2.67. The predicted molar refractivity (Wildman–Crippen MR) is 88.7 cm³/mol. The van der Waals surface area contributed by atoms with Crippen LogP contribution in [0.5, 0.6) is 0 Å². The molecular formula is C15H21ClF2N2OS. The number of piperidine rings is 1. The van der Waals surface area contributed by atoms with Gasteiger partial charge in [0.25, 0.3) is 0 Å². The van der Waals surface area contributed by atoms with Crippen molar-refractivity contribution in [2.45, 2.75) is 30.6 Å². The highest BCUT2D eigenvalue weighted by Gasteiger charge is 2.29. The number of halogens is 3. The van der Waals surface area contributed by atoms with E-state index < -0.39 is 11.6 Å². The second kappa shape index (κ2) is 8.70. The third-order valence-electron chi connectivity index (χ3n) is 3.90. The van der Waals surface area contributed by atoms with Gasteiger partial charge < -0.3 is 10.6 Å². The molecular weight excluding hydrogens is 330 g/mol. The van der Waals surface area contributed by atoms with Crippen molar-refractivity contribution >= 4 is 30.1 Å². The fraction of sp³-hybridized carbons (Fsp3) is 0.533. The molecule has 1 aliphatic rings. The molecule has 2 N–H and O–H groups in total. The van der Waals surface area contributed by atoms with Crippen molar-refractivity contribution in [2.24, 2.45) is 0 Å². The topological polar surface area (TPSA) is 41.1 Å². The highest BCUT2D eigenvalue weighted by Crippen LogP contribution is 2.27. The van der Waals surface area contributed by atoms with E-state index >= 15 is 0 Å². The van der Waals surface area contributed by atoms with Gasteiger partial charge in [-0.1, -0.05) is 6.07 Å². The molecule has 7 heteroatoms. The Bertz CT molecular complexity index is 518. The lowest BCUT2D eigenvalue weighted by Crippen LogP contribution is -2.51. The zero-order valence-electron chi connectivity index (χ0n) is 12.6. The highest BCUT2D eigenvalue weighted by molar-refractivity contribution is 7.99. The van der Waals surface area contributed by atoms with E-state index in [4.69, 9.17) is 0 Å². The molecule has 22 heavy (non-hydrogen) atoms. The molecule has 0 spiro atoms. The van der Waals surface area contributed by atoms with Crippen molar-refractivity contribution in [1.82, 2.24) is 10.6 Å². The zero-order chi connectivity index (χ0) is 15.4. The van der Waals surface area contributed by atoms with Crippen molar-refractivity contribution in [3.63, 3.8) is 0 Å². The molecule has 0 radical (unpaired) electrons. The molecule has 0 bridgehead atoms. The van der Waals surface area contributed by atoms with Crippen LogP contribution in [0.15, 0.2) is 18.2 Å². The van der Waals surface area contributed by atoms with E-state index in [0.29, 0.717) is 6.54 Å². The maximum absolute atomic E-state index is 13.4. The van der Waals surface area contributed by atoms with Gasteiger partial charge in [-0.05, 0) is 43.8 Å².